The number of nitrogens with zero attached hydrogens (tertiary/aromatic N) is 3. The minimum Gasteiger partial charge on any atom is -0.360 e. The number of halogens is 3. The van der Waals surface area contributed by atoms with Crippen molar-refractivity contribution in [3.05, 3.63) is 55.7 Å². The van der Waals surface area contributed by atoms with Gasteiger partial charge in [-0.05, 0) is 36.2 Å². The Hall–Kier alpha value is -1.99. The molecule has 2 rings (SSSR count). The minimum absolute atomic E-state index is 0.00190. The van der Waals surface area contributed by atoms with E-state index in [4.69, 9.17) is 23.2 Å². The van der Waals surface area contributed by atoms with E-state index in [0.29, 0.717) is 5.56 Å². The highest BCUT2D eigenvalue weighted by Gasteiger charge is 2.21. The molecule has 1 aromatic carbocycles. The summed E-state index contributed by atoms with van der Waals surface area (Å²) in [6.45, 7) is 1.64. The van der Waals surface area contributed by atoms with Crippen LogP contribution >= 0.6 is 23.2 Å². The molecule has 0 aliphatic heterocycles. The van der Waals surface area contributed by atoms with Crippen LogP contribution in [0.2, 0.25) is 10.3 Å². The van der Waals surface area contributed by atoms with Crippen molar-refractivity contribution in [2.45, 2.75) is 13.5 Å². The third kappa shape index (κ3) is 3.56. The van der Waals surface area contributed by atoms with Gasteiger partial charge in [0.25, 0.3) is 0 Å². The molecule has 21 heavy (non-hydrogen) atoms. The lowest BCUT2D eigenvalue weighted by Crippen LogP contribution is -2.07. The van der Waals surface area contributed by atoms with Crippen molar-refractivity contribution in [1.29, 1.82) is 0 Å². The first kappa shape index (κ1) is 15.4. The molecule has 0 saturated heterocycles. The Morgan fingerprint density at radius 3 is 2.71 bits per heavy atom. The number of hydrogen-bond donors (Lipinski definition) is 1. The highest BCUT2D eigenvalue weighted by atomic mass is 35.5. The van der Waals surface area contributed by atoms with Crippen LogP contribution in [-0.4, -0.2) is 14.9 Å². The highest BCUT2D eigenvalue weighted by Crippen LogP contribution is 2.27. The Labute approximate surface area is 129 Å². The summed E-state index contributed by atoms with van der Waals surface area (Å²) < 4.78 is 13.1. The molecule has 0 amide bonds. The van der Waals surface area contributed by atoms with Crippen LogP contribution in [0.4, 0.5) is 15.9 Å². The van der Waals surface area contributed by atoms with Crippen molar-refractivity contribution in [3.8, 4) is 0 Å². The lowest BCUT2D eigenvalue weighted by molar-refractivity contribution is -0.385. The molecule has 1 N–H and O–H groups in total. The van der Waals surface area contributed by atoms with Gasteiger partial charge in [0.05, 0.1) is 9.95 Å². The smallest absolute Gasteiger partial charge is 0.332 e. The molecular weight excluding hydrogens is 322 g/mol. The van der Waals surface area contributed by atoms with Crippen molar-refractivity contribution in [2.75, 3.05) is 5.32 Å². The van der Waals surface area contributed by atoms with Crippen molar-refractivity contribution < 1.29 is 9.31 Å². The van der Waals surface area contributed by atoms with Gasteiger partial charge in [0.1, 0.15) is 11.5 Å². The first-order valence-corrected chi connectivity index (χ1v) is 6.50. The van der Waals surface area contributed by atoms with Crippen LogP contribution in [0.5, 0.6) is 0 Å². The first-order chi connectivity index (χ1) is 9.88. The van der Waals surface area contributed by atoms with Gasteiger partial charge in [-0.1, -0.05) is 17.7 Å². The fourth-order valence-electron chi connectivity index (χ4n) is 1.71. The van der Waals surface area contributed by atoms with Crippen molar-refractivity contribution in [2.24, 2.45) is 0 Å². The first-order valence-electron chi connectivity index (χ1n) is 5.75. The van der Waals surface area contributed by atoms with Gasteiger partial charge in [0.15, 0.2) is 0 Å². The van der Waals surface area contributed by atoms with Crippen LogP contribution < -0.4 is 5.32 Å². The summed E-state index contributed by atoms with van der Waals surface area (Å²) in [5.41, 5.74) is 0.537. The monoisotopic (exact) mass is 330 g/mol. The second kappa shape index (κ2) is 6.19. The molecule has 0 fully saturated rings. The van der Waals surface area contributed by atoms with Crippen molar-refractivity contribution >= 4 is 34.7 Å². The maximum Gasteiger partial charge on any atom is 0.332 e. The lowest BCUT2D eigenvalue weighted by atomic mass is 10.2. The van der Waals surface area contributed by atoms with Crippen molar-refractivity contribution in [1.82, 2.24) is 9.97 Å². The number of benzene rings is 1. The van der Waals surface area contributed by atoms with Gasteiger partial charge in [-0.3, -0.25) is 10.1 Å². The number of anilines is 1. The third-order valence-electron chi connectivity index (χ3n) is 2.66. The number of nitrogens with one attached hydrogen (secondary N) is 1. The number of nitro groups is 1. The van der Waals surface area contributed by atoms with E-state index in [2.05, 4.69) is 15.3 Å². The van der Waals surface area contributed by atoms with Gasteiger partial charge in [-0.25, -0.2) is 9.37 Å². The van der Waals surface area contributed by atoms with Gasteiger partial charge in [0, 0.05) is 6.54 Å². The van der Waals surface area contributed by atoms with E-state index in [-0.39, 0.29) is 34.1 Å². The van der Waals surface area contributed by atoms with Crippen LogP contribution in [0.25, 0.3) is 0 Å². The minimum atomic E-state index is -0.592. The summed E-state index contributed by atoms with van der Waals surface area (Å²) in [6, 6.07) is 4.15. The molecule has 0 aliphatic carbocycles. The third-order valence-corrected chi connectivity index (χ3v) is 3.12. The Morgan fingerprint density at radius 2 is 2.10 bits per heavy atom. The maximum atomic E-state index is 13.1. The van der Waals surface area contributed by atoms with Crippen LogP contribution in [0, 0.1) is 22.9 Å². The van der Waals surface area contributed by atoms with E-state index >= 15 is 0 Å². The van der Waals surface area contributed by atoms with E-state index < -0.39 is 10.7 Å². The highest BCUT2D eigenvalue weighted by molar-refractivity contribution is 6.30. The number of rotatable bonds is 4. The van der Waals surface area contributed by atoms with Gasteiger partial charge in [0.2, 0.25) is 11.1 Å². The maximum absolute atomic E-state index is 13.1. The normalized spacial score (nSPS) is 10.5. The fourth-order valence-corrected chi connectivity index (χ4v) is 2.12. The molecule has 1 heterocycles. The van der Waals surface area contributed by atoms with E-state index in [1.807, 2.05) is 0 Å². The zero-order valence-electron chi connectivity index (χ0n) is 10.7. The standard InChI is InChI=1S/C12H9Cl2FN4O2/c1-6-10(19(20)21)11(18-12(14)17-6)16-5-7-2-3-9(15)8(13)4-7/h2-4H,5H2,1H3,(H,16,17,18). The quantitative estimate of drug-likeness (QED) is 0.524. The molecule has 110 valence electrons. The average molecular weight is 331 g/mol. The predicted octanol–water partition coefficient (Wildman–Crippen LogP) is 3.75. The van der Waals surface area contributed by atoms with Crippen LogP contribution in [-0.2, 0) is 6.54 Å². The molecular formula is C12H9Cl2FN4O2. The molecule has 0 bridgehead atoms. The molecule has 0 spiro atoms. The predicted molar refractivity (Wildman–Crippen MR) is 77.2 cm³/mol. The molecule has 0 unspecified atom stereocenters. The average Bonchev–Trinajstić information content (AvgIpc) is 2.38. The molecule has 0 saturated carbocycles. The summed E-state index contributed by atoms with van der Waals surface area (Å²) in [5.74, 6) is -0.537. The zero-order chi connectivity index (χ0) is 15.6. The number of aryl methyl sites for hydroxylation is 1. The molecule has 6 nitrogen and oxygen atoms in total. The molecule has 2 aromatic rings. The SMILES string of the molecule is Cc1nc(Cl)nc(NCc2ccc(F)c(Cl)c2)c1[N+](=O)[O-]. The zero-order valence-corrected chi connectivity index (χ0v) is 12.2. The van der Waals surface area contributed by atoms with Crippen LogP contribution in [0.1, 0.15) is 11.3 Å². The summed E-state index contributed by atoms with van der Waals surface area (Å²) >= 11 is 11.4. The summed E-state index contributed by atoms with van der Waals surface area (Å²) in [7, 11) is 0. The van der Waals surface area contributed by atoms with Gasteiger partial charge in [-0.15, -0.1) is 0 Å². The Bertz CT molecular complexity index is 712. The van der Waals surface area contributed by atoms with E-state index in [9.17, 15) is 14.5 Å². The number of aromatic nitrogens is 2. The van der Waals surface area contributed by atoms with Gasteiger partial charge in [-0.2, -0.15) is 4.98 Å². The lowest BCUT2D eigenvalue weighted by Gasteiger charge is -2.08. The molecule has 9 heteroatoms. The largest absolute Gasteiger partial charge is 0.360 e. The van der Waals surface area contributed by atoms with Gasteiger partial charge >= 0.3 is 5.69 Å². The Morgan fingerprint density at radius 1 is 1.38 bits per heavy atom. The Kier molecular flexibility index (Phi) is 4.54. The van der Waals surface area contributed by atoms with Gasteiger partial charge < -0.3 is 5.32 Å². The molecule has 0 atom stereocenters. The summed E-state index contributed by atoms with van der Waals surface area (Å²) in [6.07, 6.45) is 0. The molecule has 1 aromatic heterocycles. The van der Waals surface area contributed by atoms with E-state index in [1.165, 1.54) is 25.1 Å². The summed E-state index contributed by atoms with van der Waals surface area (Å²) in [5, 5.41) is 13.7. The van der Waals surface area contributed by atoms with E-state index in [1.54, 1.807) is 0 Å². The Balaban J connectivity index is 2.27. The molecule has 0 radical (unpaired) electrons. The second-order valence-electron chi connectivity index (χ2n) is 4.13. The summed E-state index contributed by atoms with van der Waals surface area (Å²) in [4.78, 5) is 18.0. The fraction of sp³-hybridized carbons (Fsp3) is 0.167. The topological polar surface area (TPSA) is 81.0 Å². The van der Waals surface area contributed by atoms with E-state index in [0.717, 1.165) is 0 Å². The second-order valence-corrected chi connectivity index (χ2v) is 4.88. The van der Waals surface area contributed by atoms with Crippen molar-refractivity contribution in [3.63, 3.8) is 0 Å². The van der Waals surface area contributed by atoms with Crippen LogP contribution in [0.15, 0.2) is 18.2 Å². The number of hydrogen-bond acceptors (Lipinski definition) is 5. The van der Waals surface area contributed by atoms with Crippen LogP contribution in [0.3, 0.4) is 0 Å². The molecule has 0 aliphatic rings.